The van der Waals surface area contributed by atoms with Crippen LogP contribution in [0.2, 0.25) is 0 Å². The molecule has 3 aromatic rings. The monoisotopic (exact) mass is 409 g/mol. The van der Waals surface area contributed by atoms with E-state index in [0.717, 1.165) is 56.6 Å². The van der Waals surface area contributed by atoms with Crippen LogP contribution in [0.1, 0.15) is 41.1 Å². The van der Waals surface area contributed by atoms with Crippen molar-refractivity contribution in [2.45, 2.75) is 44.8 Å². The van der Waals surface area contributed by atoms with Crippen molar-refractivity contribution in [1.29, 1.82) is 0 Å². The van der Waals surface area contributed by atoms with Crippen LogP contribution >= 0.6 is 0 Å². The van der Waals surface area contributed by atoms with Crippen LogP contribution in [0.25, 0.3) is 11.0 Å². The number of hydrogen-bond donors (Lipinski definition) is 1. The van der Waals surface area contributed by atoms with Crippen LogP contribution in [0.15, 0.2) is 40.9 Å². The highest BCUT2D eigenvalue weighted by atomic mass is 19.1. The van der Waals surface area contributed by atoms with Gasteiger partial charge in [0.15, 0.2) is 5.58 Å². The molecular formula is C24H28FN3O2. The van der Waals surface area contributed by atoms with E-state index in [1.807, 2.05) is 0 Å². The summed E-state index contributed by atoms with van der Waals surface area (Å²) in [7, 11) is 0. The van der Waals surface area contributed by atoms with E-state index in [9.17, 15) is 9.50 Å². The van der Waals surface area contributed by atoms with Gasteiger partial charge in [0, 0.05) is 43.0 Å². The lowest BCUT2D eigenvalue weighted by Crippen LogP contribution is -2.48. The number of fused-ring (bicyclic) bond motifs is 2. The molecular weight excluding hydrogens is 381 g/mol. The fraction of sp³-hybridized carbons (Fsp3) is 0.458. The first-order chi connectivity index (χ1) is 14.6. The Labute approximate surface area is 176 Å². The molecule has 1 aromatic heterocycles. The van der Waals surface area contributed by atoms with Gasteiger partial charge in [-0.25, -0.2) is 4.39 Å². The average Bonchev–Trinajstić information content (AvgIpc) is 3.35. The molecule has 158 valence electrons. The minimum atomic E-state index is -0.301. The van der Waals surface area contributed by atoms with Crippen molar-refractivity contribution in [2.24, 2.45) is 0 Å². The molecule has 1 unspecified atom stereocenters. The zero-order valence-corrected chi connectivity index (χ0v) is 17.4. The number of piperidine rings is 1. The summed E-state index contributed by atoms with van der Waals surface area (Å²) in [5.41, 5.74) is 5.59. The maximum absolute atomic E-state index is 13.4. The molecule has 0 bridgehead atoms. The van der Waals surface area contributed by atoms with Gasteiger partial charge >= 0.3 is 0 Å². The summed E-state index contributed by atoms with van der Waals surface area (Å²) in [5, 5.41) is 15.2. The van der Waals surface area contributed by atoms with E-state index >= 15 is 0 Å². The largest absolute Gasteiger partial charge is 0.395 e. The van der Waals surface area contributed by atoms with Crippen molar-refractivity contribution < 1.29 is 14.0 Å². The van der Waals surface area contributed by atoms with Gasteiger partial charge in [-0.3, -0.25) is 9.80 Å². The first kappa shape index (κ1) is 19.7. The number of aliphatic hydroxyl groups excluding tert-OH is 1. The minimum Gasteiger partial charge on any atom is -0.395 e. The van der Waals surface area contributed by atoms with Gasteiger partial charge in [-0.05, 0) is 56.1 Å². The van der Waals surface area contributed by atoms with Crippen LogP contribution in [-0.4, -0.2) is 52.3 Å². The molecule has 0 spiro atoms. The van der Waals surface area contributed by atoms with Gasteiger partial charge in [0.25, 0.3) is 0 Å². The molecule has 2 aliphatic rings. The molecule has 1 saturated heterocycles. The summed E-state index contributed by atoms with van der Waals surface area (Å²) < 4.78 is 18.8. The molecule has 1 N–H and O–H groups in total. The van der Waals surface area contributed by atoms with Gasteiger partial charge in [0.2, 0.25) is 0 Å². The first-order valence-corrected chi connectivity index (χ1v) is 10.8. The Balaban J connectivity index is 1.21. The molecule has 2 aliphatic heterocycles. The van der Waals surface area contributed by atoms with E-state index in [0.29, 0.717) is 11.5 Å². The lowest BCUT2D eigenvalue weighted by Gasteiger charge is -2.38. The standard InChI is InChI=1S/C24H28FN3O2/c1-16-2-3-18-12-27(13-19(18)10-16)14-21(15-29)28-8-6-17(7-9-28)24-22-5-4-20(25)11-23(22)30-26-24/h2-5,10-11,17,21,29H,6-9,12-15H2,1H3. The molecule has 5 rings (SSSR count). The quantitative estimate of drug-likeness (QED) is 0.694. The van der Waals surface area contributed by atoms with E-state index < -0.39 is 0 Å². The highest BCUT2D eigenvalue weighted by Crippen LogP contribution is 2.33. The number of halogens is 1. The maximum atomic E-state index is 13.4. The third-order valence-corrected chi connectivity index (χ3v) is 6.72. The number of aromatic nitrogens is 1. The molecule has 1 fully saturated rings. The second-order valence-electron chi connectivity index (χ2n) is 8.80. The first-order valence-electron chi connectivity index (χ1n) is 10.8. The van der Waals surface area contributed by atoms with Crippen molar-refractivity contribution in [3.05, 3.63) is 64.6 Å². The Bertz CT molecular complexity index is 1040. The van der Waals surface area contributed by atoms with Crippen LogP contribution in [0.5, 0.6) is 0 Å². The smallest absolute Gasteiger partial charge is 0.170 e. The van der Waals surface area contributed by atoms with E-state index in [2.05, 4.69) is 40.1 Å². The topological polar surface area (TPSA) is 52.7 Å². The molecule has 0 radical (unpaired) electrons. The van der Waals surface area contributed by atoms with Crippen molar-refractivity contribution in [2.75, 3.05) is 26.2 Å². The van der Waals surface area contributed by atoms with E-state index in [1.54, 1.807) is 6.07 Å². The second-order valence-corrected chi connectivity index (χ2v) is 8.80. The van der Waals surface area contributed by atoms with Crippen molar-refractivity contribution in [1.82, 2.24) is 15.0 Å². The highest BCUT2D eigenvalue weighted by Gasteiger charge is 2.30. The van der Waals surface area contributed by atoms with E-state index in [1.165, 1.54) is 28.8 Å². The molecule has 1 atom stereocenters. The van der Waals surface area contributed by atoms with Gasteiger partial charge in [-0.15, -0.1) is 0 Å². The van der Waals surface area contributed by atoms with Crippen LogP contribution in [0, 0.1) is 12.7 Å². The summed E-state index contributed by atoms with van der Waals surface area (Å²) in [6.45, 7) is 6.95. The zero-order chi connectivity index (χ0) is 20.7. The van der Waals surface area contributed by atoms with Crippen LogP contribution < -0.4 is 0 Å². The number of likely N-dealkylation sites (tertiary alicyclic amines) is 1. The average molecular weight is 410 g/mol. The van der Waals surface area contributed by atoms with Gasteiger partial charge in [-0.1, -0.05) is 28.9 Å². The van der Waals surface area contributed by atoms with Crippen molar-refractivity contribution in [3.8, 4) is 0 Å². The van der Waals surface area contributed by atoms with E-state index in [4.69, 9.17) is 4.52 Å². The Morgan fingerprint density at radius 1 is 1.13 bits per heavy atom. The molecule has 2 aromatic carbocycles. The highest BCUT2D eigenvalue weighted by molar-refractivity contribution is 5.79. The fourth-order valence-electron chi connectivity index (χ4n) is 5.07. The molecule has 0 aliphatic carbocycles. The lowest BCUT2D eigenvalue weighted by molar-refractivity contribution is 0.0672. The molecule has 0 amide bonds. The molecule has 3 heterocycles. The Morgan fingerprint density at radius 2 is 1.93 bits per heavy atom. The predicted octanol–water partition coefficient (Wildman–Crippen LogP) is 3.83. The number of nitrogens with zero attached hydrogens (tertiary/aromatic N) is 3. The number of rotatable bonds is 5. The molecule has 30 heavy (non-hydrogen) atoms. The van der Waals surface area contributed by atoms with E-state index in [-0.39, 0.29) is 18.5 Å². The lowest BCUT2D eigenvalue weighted by atomic mass is 9.91. The summed E-state index contributed by atoms with van der Waals surface area (Å²) in [4.78, 5) is 4.85. The van der Waals surface area contributed by atoms with Crippen LogP contribution in [0.4, 0.5) is 4.39 Å². The third kappa shape index (κ3) is 3.75. The zero-order valence-electron chi connectivity index (χ0n) is 17.4. The minimum absolute atomic E-state index is 0.143. The van der Waals surface area contributed by atoms with Crippen LogP contribution in [0.3, 0.4) is 0 Å². The van der Waals surface area contributed by atoms with Gasteiger partial charge in [0.1, 0.15) is 5.82 Å². The summed E-state index contributed by atoms with van der Waals surface area (Å²) >= 11 is 0. The number of aliphatic hydroxyl groups is 1. The third-order valence-electron chi connectivity index (χ3n) is 6.72. The van der Waals surface area contributed by atoms with Crippen molar-refractivity contribution in [3.63, 3.8) is 0 Å². The van der Waals surface area contributed by atoms with Gasteiger partial charge in [0.05, 0.1) is 12.3 Å². The Morgan fingerprint density at radius 3 is 2.73 bits per heavy atom. The fourth-order valence-corrected chi connectivity index (χ4v) is 5.07. The number of aryl methyl sites for hydroxylation is 1. The second kappa shape index (κ2) is 8.10. The summed E-state index contributed by atoms with van der Waals surface area (Å²) in [6, 6.07) is 11.5. The van der Waals surface area contributed by atoms with Crippen molar-refractivity contribution >= 4 is 11.0 Å². The maximum Gasteiger partial charge on any atom is 0.170 e. The SMILES string of the molecule is Cc1ccc2c(c1)CN(CC(CO)N1CCC(c3noc4cc(F)ccc34)CC1)C2. The summed E-state index contributed by atoms with van der Waals surface area (Å²) in [5.74, 6) is 0.0105. The molecule has 0 saturated carbocycles. The summed E-state index contributed by atoms with van der Waals surface area (Å²) in [6.07, 6.45) is 1.93. The predicted molar refractivity (Wildman–Crippen MR) is 114 cm³/mol. The van der Waals surface area contributed by atoms with Crippen LogP contribution in [-0.2, 0) is 13.1 Å². The Kier molecular flexibility index (Phi) is 5.31. The number of benzene rings is 2. The normalized spacial score (nSPS) is 19.4. The van der Waals surface area contributed by atoms with Gasteiger partial charge < -0.3 is 9.63 Å². The molecule has 6 heteroatoms. The molecule has 5 nitrogen and oxygen atoms in total. The Hall–Kier alpha value is -2.28. The number of hydrogen-bond acceptors (Lipinski definition) is 5. The van der Waals surface area contributed by atoms with Gasteiger partial charge in [-0.2, -0.15) is 0 Å².